The van der Waals surface area contributed by atoms with Crippen LogP contribution in [-0.4, -0.2) is 5.78 Å². The molecular weight excluding hydrogens is 150 g/mol. The Morgan fingerprint density at radius 1 is 1.75 bits per heavy atom. The van der Waals surface area contributed by atoms with E-state index >= 15 is 0 Å². The van der Waals surface area contributed by atoms with E-state index < -0.39 is 0 Å². The lowest BCUT2D eigenvalue weighted by atomic mass is 9.88. The maximum absolute atomic E-state index is 11.3. The van der Waals surface area contributed by atoms with Crippen LogP contribution in [0.25, 0.3) is 0 Å². The highest BCUT2D eigenvalue weighted by Gasteiger charge is 2.17. The quantitative estimate of drug-likeness (QED) is 0.626. The lowest BCUT2D eigenvalue weighted by Gasteiger charge is -2.15. The molecule has 0 N–H and O–H groups in total. The second kappa shape index (κ2) is 4.06. The molecule has 2 nitrogen and oxygen atoms in total. The zero-order chi connectivity index (χ0) is 8.97. The van der Waals surface area contributed by atoms with Crippen LogP contribution in [0.4, 0.5) is 0 Å². The van der Waals surface area contributed by atoms with Gasteiger partial charge in [-0.2, -0.15) is 5.26 Å². The number of nitriles is 1. The Kier molecular flexibility index (Phi) is 3.04. The van der Waals surface area contributed by atoms with Crippen molar-refractivity contribution in [1.82, 2.24) is 0 Å². The Balaban J connectivity index is 2.54. The van der Waals surface area contributed by atoms with Gasteiger partial charge in [-0.05, 0) is 24.3 Å². The molecule has 1 aliphatic carbocycles. The SMILES string of the molecule is C[C@@H]1CC=C(CCC#N)C(=O)C1. The molecule has 0 saturated heterocycles. The molecule has 0 saturated carbocycles. The van der Waals surface area contributed by atoms with Crippen LogP contribution in [0.2, 0.25) is 0 Å². The number of rotatable bonds is 2. The topological polar surface area (TPSA) is 40.9 Å². The van der Waals surface area contributed by atoms with Crippen molar-refractivity contribution in [1.29, 1.82) is 5.26 Å². The number of hydrogen-bond acceptors (Lipinski definition) is 2. The fraction of sp³-hybridized carbons (Fsp3) is 0.600. The van der Waals surface area contributed by atoms with Crippen molar-refractivity contribution >= 4 is 5.78 Å². The fourth-order valence-electron chi connectivity index (χ4n) is 1.42. The van der Waals surface area contributed by atoms with Gasteiger partial charge in [-0.15, -0.1) is 0 Å². The van der Waals surface area contributed by atoms with Crippen LogP contribution in [-0.2, 0) is 4.79 Å². The highest BCUT2D eigenvalue weighted by molar-refractivity contribution is 5.96. The first-order valence-electron chi connectivity index (χ1n) is 4.33. The molecule has 2 heteroatoms. The number of carbonyl (C=O) groups excluding carboxylic acids is 1. The van der Waals surface area contributed by atoms with Gasteiger partial charge in [0.15, 0.2) is 5.78 Å². The lowest BCUT2D eigenvalue weighted by molar-refractivity contribution is -0.116. The van der Waals surface area contributed by atoms with E-state index in [0.717, 1.165) is 12.0 Å². The minimum absolute atomic E-state index is 0.240. The average molecular weight is 163 g/mol. The van der Waals surface area contributed by atoms with Gasteiger partial charge >= 0.3 is 0 Å². The van der Waals surface area contributed by atoms with Crippen LogP contribution in [0.5, 0.6) is 0 Å². The first-order valence-corrected chi connectivity index (χ1v) is 4.33. The van der Waals surface area contributed by atoms with E-state index in [4.69, 9.17) is 5.26 Å². The monoisotopic (exact) mass is 163 g/mol. The third-order valence-corrected chi connectivity index (χ3v) is 2.16. The van der Waals surface area contributed by atoms with Gasteiger partial charge in [-0.1, -0.05) is 13.0 Å². The molecule has 0 aromatic heterocycles. The second-order valence-electron chi connectivity index (χ2n) is 3.36. The summed E-state index contributed by atoms with van der Waals surface area (Å²) in [7, 11) is 0. The zero-order valence-corrected chi connectivity index (χ0v) is 7.34. The summed E-state index contributed by atoms with van der Waals surface area (Å²) in [5.41, 5.74) is 0.870. The molecule has 0 bridgehead atoms. The standard InChI is InChI=1S/C10H13NO/c1-8-4-5-9(3-2-6-11)10(12)7-8/h5,8H,2-4,7H2,1H3/t8-/m1/s1. The Hall–Kier alpha value is -1.10. The van der Waals surface area contributed by atoms with Crippen molar-refractivity contribution < 1.29 is 4.79 Å². The summed E-state index contributed by atoms with van der Waals surface area (Å²) in [6, 6.07) is 2.05. The summed E-state index contributed by atoms with van der Waals surface area (Å²) < 4.78 is 0. The second-order valence-corrected chi connectivity index (χ2v) is 3.36. The molecule has 0 amide bonds. The van der Waals surface area contributed by atoms with E-state index in [0.29, 0.717) is 25.2 Å². The van der Waals surface area contributed by atoms with Gasteiger partial charge in [0.1, 0.15) is 0 Å². The molecule has 0 heterocycles. The Morgan fingerprint density at radius 2 is 2.50 bits per heavy atom. The van der Waals surface area contributed by atoms with Gasteiger partial charge in [0, 0.05) is 12.8 Å². The summed E-state index contributed by atoms with van der Waals surface area (Å²) in [5.74, 6) is 0.729. The molecule has 0 radical (unpaired) electrons. The zero-order valence-electron chi connectivity index (χ0n) is 7.34. The molecule has 0 aliphatic heterocycles. The number of Topliss-reactive ketones (excluding diaryl/α,β-unsaturated/α-hetero) is 1. The third-order valence-electron chi connectivity index (χ3n) is 2.16. The smallest absolute Gasteiger partial charge is 0.158 e. The minimum atomic E-state index is 0.240. The predicted octanol–water partition coefficient (Wildman–Crippen LogP) is 2.22. The van der Waals surface area contributed by atoms with Gasteiger partial charge in [0.25, 0.3) is 0 Å². The first kappa shape index (κ1) is 8.99. The molecule has 0 spiro atoms. The van der Waals surface area contributed by atoms with Crippen LogP contribution in [0.1, 0.15) is 32.6 Å². The van der Waals surface area contributed by atoms with E-state index in [9.17, 15) is 4.79 Å². The van der Waals surface area contributed by atoms with E-state index in [1.165, 1.54) is 0 Å². The number of carbonyl (C=O) groups is 1. The Labute approximate surface area is 72.9 Å². The summed E-state index contributed by atoms with van der Waals surface area (Å²) in [6.45, 7) is 2.08. The Morgan fingerprint density at radius 3 is 3.08 bits per heavy atom. The van der Waals surface area contributed by atoms with Gasteiger partial charge in [-0.3, -0.25) is 4.79 Å². The third kappa shape index (κ3) is 2.20. The molecule has 12 heavy (non-hydrogen) atoms. The summed E-state index contributed by atoms with van der Waals surface area (Å²) in [5, 5.41) is 8.35. The normalized spacial score (nSPS) is 23.2. The maximum Gasteiger partial charge on any atom is 0.158 e. The molecule has 0 unspecified atom stereocenters. The van der Waals surface area contributed by atoms with E-state index in [-0.39, 0.29) is 5.78 Å². The fourth-order valence-corrected chi connectivity index (χ4v) is 1.42. The highest BCUT2D eigenvalue weighted by Crippen LogP contribution is 2.22. The molecule has 0 aromatic carbocycles. The number of nitrogens with zero attached hydrogens (tertiary/aromatic N) is 1. The summed E-state index contributed by atoms with van der Waals surface area (Å²) >= 11 is 0. The van der Waals surface area contributed by atoms with Crippen LogP contribution in [0, 0.1) is 17.2 Å². The van der Waals surface area contributed by atoms with Gasteiger partial charge < -0.3 is 0 Å². The maximum atomic E-state index is 11.3. The first-order chi connectivity index (χ1) is 5.74. The van der Waals surface area contributed by atoms with Gasteiger partial charge in [0.2, 0.25) is 0 Å². The van der Waals surface area contributed by atoms with Crippen LogP contribution < -0.4 is 0 Å². The van der Waals surface area contributed by atoms with E-state index in [2.05, 4.69) is 13.0 Å². The van der Waals surface area contributed by atoms with Crippen molar-refractivity contribution in [2.45, 2.75) is 32.6 Å². The van der Waals surface area contributed by atoms with Crippen LogP contribution >= 0.6 is 0 Å². The van der Waals surface area contributed by atoms with Gasteiger partial charge in [-0.25, -0.2) is 0 Å². The van der Waals surface area contributed by atoms with Gasteiger partial charge in [0.05, 0.1) is 6.07 Å². The number of allylic oxidation sites excluding steroid dienone is 2. The molecule has 0 aromatic rings. The van der Waals surface area contributed by atoms with Crippen molar-refractivity contribution in [3.8, 4) is 6.07 Å². The van der Waals surface area contributed by atoms with Crippen molar-refractivity contribution in [3.63, 3.8) is 0 Å². The average Bonchev–Trinajstić information content (AvgIpc) is 2.03. The minimum Gasteiger partial charge on any atom is -0.295 e. The molecule has 1 aliphatic rings. The molecular formula is C10H13NO. The number of ketones is 1. The molecule has 64 valence electrons. The van der Waals surface area contributed by atoms with E-state index in [1.54, 1.807) is 0 Å². The van der Waals surface area contributed by atoms with Crippen molar-refractivity contribution in [3.05, 3.63) is 11.6 Å². The summed E-state index contributed by atoms with van der Waals surface area (Å²) in [4.78, 5) is 11.3. The lowest BCUT2D eigenvalue weighted by Crippen LogP contribution is -2.13. The predicted molar refractivity (Wildman–Crippen MR) is 46.3 cm³/mol. The molecule has 1 atom stereocenters. The van der Waals surface area contributed by atoms with Crippen molar-refractivity contribution in [2.75, 3.05) is 0 Å². The Bertz CT molecular complexity index is 247. The largest absolute Gasteiger partial charge is 0.295 e. The molecule has 1 rings (SSSR count). The summed E-state index contributed by atoms with van der Waals surface area (Å²) in [6.07, 6.45) is 4.76. The van der Waals surface area contributed by atoms with E-state index in [1.807, 2.05) is 6.08 Å². The van der Waals surface area contributed by atoms with Crippen LogP contribution in [0.3, 0.4) is 0 Å². The van der Waals surface area contributed by atoms with Crippen LogP contribution in [0.15, 0.2) is 11.6 Å². The highest BCUT2D eigenvalue weighted by atomic mass is 16.1. The van der Waals surface area contributed by atoms with Crippen molar-refractivity contribution in [2.24, 2.45) is 5.92 Å². The number of hydrogen-bond donors (Lipinski definition) is 0. The molecule has 0 fully saturated rings.